The summed E-state index contributed by atoms with van der Waals surface area (Å²) >= 11 is 0. The summed E-state index contributed by atoms with van der Waals surface area (Å²) in [7, 11) is 0. The SMILES string of the molecule is C#CCCCNc1c([N+](=O)[O-])cnc2ccccc12. The second-order valence-corrected chi connectivity index (χ2v) is 4.03. The number of terminal acetylenes is 1. The van der Waals surface area contributed by atoms with Gasteiger partial charge in [-0.05, 0) is 12.5 Å². The molecule has 2 rings (SSSR count). The van der Waals surface area contributed by atoms with Crippen molar-refractivity contribution in [2.45, 2.75) is 12.8 Å². The fraction of sp³-hybridized carbons (Fsp3) is 0.214. The van der Waals surface area contributed by atoms with E-state index in [-0.39, 0.29) is 5.69 Å². The summed E-state index contributed by atoms with van der Waals surface area (Å²) in [6.07, 6.45) is 7.88. The van der Waals surface area contributed by atoms with Crippen molar-refractivity contribution in [1.82, 2.24) is 4.98 Å². The summed E-state index contributed by atoms with van der Waals surface area (Å²) < 4.78 is 0. The fourth-order valence-corrected chi connectivity index (χ4v) is 1.86. The first kappa shape index (κ1) is 12.8. The number of benzene rings is 1. The molecule has 5 heteroatoms. The lowest BCUT2D eigenvalue weighted by Gasteiger charge is -2.09. The van der Waals surface area contributed by atoms with Gasteiger partial charge in [0.15, 0.2) is 0 Å². The van der Waals surface area contributed by atoms with E-state index in [9.17, 15) is 10.1 Å². The van der Waals surface area contributed by atoms with Crippen molar-refractivity contribution in [2.75, 3.05) is 11.9 Å². The summed E-state index contributed by atoms with van der Waals surface area (Å²) in [6, 6.07) is 7.33. The zero-order valence-corrected chi connectivity index (χ0v) is 10.3. The Hall–Kier alpha value is -2.61. The molecule has 0 amide bonds. The third-order valence-corrected chi connectivity index (χ3v) is 2.75. The lowest BCUT2D eigenvalue weighted by atomic mass is 10.1. The molecule has 1 N–H and O–H groups in total. The molecule has 0 aliphatic heterocycles. The Kier molecular flexibility index (Phi) is 3.94. The number of fused-ring (bicyclic) bond motifs is 1. The number of anilines is 1. The molecule has 1 heterocycles. The van der Waals surface area contributed by atoms with Gasteiger partial charge in [0.2, 0.25) is 0 Å². The molecule has 5 nitrogen and oxygen atoms in total. The number of aromatic nitrogens is 1. The number of nitro groups is 1. The highest BCUT2D eigenvalue weighted by molar-refractivity contribution is 5.95. The van der Waals surface area contributed by atoms with E-state index in [2.05, 4.69) is 16.2 Å². The van der Waals surface area contributed by atoms with Gasteiger partial charge in [-0.2, -0.15) is 0 Å². The third-order valence-electron chi connectivity index (χ3n) is 2.75. The molecule has 0 saturated carbocycles. The standard InChI is InChI=1S/C14H13N3O2/c1-2-3-6-9-15-14-11-7-4-5-8-12(11)16-10-13(14)17(18)19/h1,4-5,7-8,10H,3,6,9H2,(H,15,16). The molecule has 0 aliphatic carbocycles. The van der Waals surface area contributed by atoms with Crippen LogP contribution >= 0.6 is 0 Å². The molecule has 0 atom stereocenters. The highest BCUT2D eigenvalue weighted by Gasteiger charge is 2.17. The molecule has 2 aromatic rings. The van der Waals surface area contributed by atoms with Crippen LogP contribution in [0.2, 0.25) is 0 Å². The molecule has 0 spiro atoms. The minimum absolute atomic E-state index is 0.0144. The van der Waals surface area contributed by atoms with Gasteiger partial charge >= 0.3 is 5.69 Å². The Morgan fingerprint density at radius 3 is 2.95 bits per heavy atom. The first-order valence-electron chi connectivity index (χ1n) is 5.93. The number of nitrogens with one attached hydrogen (secondary N) is 1. The Balaban J connectivity index is 2.39. The average molecular weight is 255 g/mol. The van der Waals surface area contributed by atoms with Crippen LogP contribution in [0.4, 0.5) is 11.4 Å². The van der Waals surface area contributed by atoms with Crippen molar-refractivity contribution in [2.24, 2.45) is 0 Å². The van der Waals surface area contributed by atoms with E-state index in [1.807, 2.05) is 24.3 Å². The van der Waals surface area contributed by atoms with Crippen molar-refractivity contribution in [3.05, 3.63) is 40.6 Å². The van der Waals surface area contributed by atoms with Crippen molar-refractivity contribution < 1.29 is 4.92 Å². The van der Waals surface area contributed by atoms with Crippen LogP contribution in [0.25, 0.3) is 10.9 Å². The predicted molar refractivity (Wildman–Crippen MR) is 75.0 cm³/mol. The van der Waals surface area contributed by atoms with Gasteiger partial charge in [-0.3, -0.25) is 10.1 Å². The number of rotatable bonds is 5. The van der Waals surface area contributed by atoms with Crippen LogP contribution in [0.5, 0.6) is 0 Å². The number of pyridine rings is 1. The van der Waals surface area contributed by atoms with E-state index in [1.54, 1.807) is 0 Å². The number of hydrogen-bond donors (Lipinski definition) is 1. The normalized spacial score (nSPS) is 10.1. The Morgan fingerprint density at radius 1 is 1.42 bits per heavy atom. The molecule has 0 unspecified atom stereocenters. The molecule has 96 valence electrons. The number of para-hydroxylation sites is 1. The fourth-order valence-electron chi connectivity index (χ4n) is 1.86. The topological polar surface area (TPSA) is 68.1 Å². The van der Waals surface area contributed by atoms with Gasteiger partial charge in [0, 0.05) is 18.4 Å². The van der Waals surface area contributed by atoms with Crippen LogP contribution < -0.4 is 5.32 Å². The number of hydrogen-bond acceptors (Lipinski definition) is 4. The van der Waals surface area contributed by atoms with Crippen LogP contribution in [0, 0.1) is 22.5 Å². The summed E-state index contributed by atoms with van der Waals surface area (Å²) in [5, 5.41) is 14.9. The minimum atomic E-state index is -0.428. The molecular weight excluding hydrogens is 242 g/mol. The molecule has 1 aromatic carbocycles. The van der Waals surface area contributed by atoms with Crippen LogP contribution in [-0.4, -0.2) is 16.5 Å². The lowest BCUT2D eigenvalue weighted by Crippen LogP contribution is -2.05. The van der Waals surface area contributed by atoms with E-state index >= 15 is 0 Å². The molecular formula is C14H13N3O2. The van der Waals surface area contributed by atoms with Crippen LogP contribution in [0.3, 0.4) is 0 Å². The first-order chi connectivity index (χ1) is 9.24. The van der Waals surface area contributed by atoms with Gasteiger partial charge in [-0.15, -0.1) is 12.3 Å². The van der Waals surface area contributed by atoms with E-state index in [1.165, 1.54) is 6.20 Å². The second kappa shape index (κ2) is 5.83. The zero-order valence-electron chi connectivity index (χ0n) is 10.3. The number of nitrogens with zero attached hydrogens (tertiary/aromatic N) is 2. The molecule has 0 fully saturated rings. The summed E-state index contributed by atoms with van der Waals surface area (Å²) in [4.78, 5) is 14.7. The van der Waals surface area contributed by atoms with Crippen LogP contribution in [-0.2, 0) is 0 Å². The predicted octanol–water partition coefficient (Wildman–Crippen LogP) is 2.97. The van der Waals surface area contributed by atoms with E-state index in [4.69, 9.17) is 6.42 Å². The second-order valence-electron chi connectivity index (χ2n) is 4.03. The number of unbranched alkanes of at least 4 members (excludes halogenated alkanes) is 1. The summed E-state index contributed by atoms with van der Waals surface area (Å²) in [5.41, 5.74) is 1.22. The summed E-state index contributed by atoms with van der Waals surface area (Å²) in [6.45, 7) is 0.596. The summed E-state index contributed by atoms with van der Waals surface area (Å²) in [5.74, 6) is 2.54. The average Bonchev–Trinajstić information content (AvgIpc) is 2.43. The molecule has 1 aromatic heterocycles. The lowest BCUT2D eigenvalue weighted by molar-refractivity contribution is -0.384. The molecule has 0 aliphatic rings. The molecule has 0 saturated heterocycles. The highest BCUT2D eigenvalue weighted by Crippen LogP contribution is 2.31. The third kappa shape index (κ3) is 2.80. The monoisotopic (exact) mass is 255 g/mol. The molecule has 19 heavy (non-hydrogen) atoms. The van der Waals surface area contributed by atoms with Gasteiger partial charge in [-0.1, -0.05) is 18.2 Å². The minimum Gasteiger partial charge on any atom is -0.379 e. The largest absolute Gasteiger partial charge is 0.379 e. The maximum atomic E-state index is 11.0. The van der Waals surface area contributed by atoms with Crippen molar-refractivity contribution in [3.63, 3.8) is 0 Å². The van der Waals surface area contributed by atoms with Gasteiger partial charge in [0.25, 0.3) is 0 Å². The van der Waals surface area contributed by atoms with E-state index in [0.29, 0.717) is 18.7 Å². The van der Waals surface area contributed by atoms with Crippen molar-refractivity contribution in [1.29, 1.82) is 0 Å². The van der Waals surface area contributed by atoms with Crippen LogP contribution in [0.1, 0.15) is 12.8 Å². The highest BCUT2D eigenvalue weighted by atomic mass is 16.6. The van der Waals surface area contributed by atoms with E-state index in [0.717, 1.165) is 17.3 Å². The van der Waals surface area contributed by atoms with Gasteiger partial charge in [0.1, 0.15) is 11.9 Å². The molecule has 0 radical (unpaired) electrons. The molecule has 0 bridgehead atoms. The Bertz CT molecular complexity index is 647. The van der Waals surface area contributed by atoms with Gasteiger partial charge in [0.05, 0.1) is 10.4 Å². The van der Waals surface area contributed by atoms with Crippen LogP contribution in [0.15, 0.2) is 30.5 Å². The Morgan fingerprint density at radius 2 is 2.21 bits per heavy atom. The maximum Gasteiger partial charge on any atom is 0.311 e. The smallest absolute Gasteiger partial charge is 0.311 e. The first-order valence-corrected chi connectivity index (χ1v) is 5.93. The van der Waals surface area contributed by atoms with Gasteiger partial charge < -0.3 is 5.32 Å². The Labute approximate surface area is 110 Å². The zero-order chi connectivity index (χ0) is 13.7. The van der Waals surface area contributed by atoms with Crippen molar-refractivity contribution in [3.8, 4) is 12.3 Å². The van der Waals surface area contributed by atoms with E-state index < -0.39 is 4.92 Å². The van der Waals surface area contributed by atoms with Gasteiger partial charge in [-0.25, -0.2) is 4.98 Å². The maximum absolute atomic E-state index is 11.0. The quantitative estimate of drug-likeness (QED) is 0.386. The van der Waals surface area contributed by atoms with Crippen molar-refractivity contribution >= 4 is 22.3 Å².